The van der Waals surface area contributed by atoms with Gasteiger partial charge in [0.1, 0.15) is 5.82 Å². The van der Waals surface area contributed by atoms with Crippen LogP contribution in [0.3, 0.4) is 0 Å². The molecule has 1 aromatic rings. The van der Waals surface area contributed by atoms with Gasteiger partial charge in [-0.05, 0) is 30.9 Å². The van der Waals surface area contributed by atoms with Crippen LogP contribution >= 0.6 is 0 Å². The molecule has 0 radical (unpaired) electrons. The minimum absolute atomic E-state index is 0.111. The number of benzene rings is 1. The zero-order valence-electron chi connectivity index (χ0n) is 9.05. The van der Waals surface area contributed by atoms with Crippen molar-refractivity contribution in [3.63, 3.8) is 0 Å². The van der Waals surface area contributed by atoms with Gasteiger partial charge in [0.15, 0.2) is 0 Å². The topological polar surface area (TPSA) is 0 Å². The summed E-state index contributed by atoms with van der Waals surface area (Å²) in [4.78, 5) is 0. The highest BCUT2D eigenvalue weighted by molar-refractivity contribution is 5.21. The number of halogens is 1. The van der Waals surface area contributed by atoms with Crippen molar-refractivity contribution >= 4 is 0 Å². The first-order valence-corrected chi connectivity index (χ1v) is 5.01. The van der Waals surface area contributed by atoms with Crippen LogP contribution in [0.15, 0.2) is 35.9 Å². The first-order valence-electron chi connectivity index (χ1n) is 5.01. The second-order valence-electron chi connectivity index (χ2n) is 3.90. The van der Waals surface area contributed by atoms with Crippen molar-refractivity contribution in [1.82, 2.24) is 0 Å². The highest BCUT2D eigenvalue weighted by Gasteiger charge is 1.99. The van der Waals surface area contributed by atoms with E-state index in [1.165, 1.54) is 11.6 Å². The lowest BCUT2D eigenvalue weighted by Gasteiger charge is -2.05. The van der Waals surface area contributed by atoms with Crippen LogP contribution in [0.4, 0.5) is 4.39 Å². The quantitative estimate of drug-likeness (QED) is 0.636. The van der Waals surface area contributed by atoms with Crippen LogP contribution < -0.4 is 0 Å². The number of hydrogen-bond acceptors (Lipinski definition) is 0. The lowest BCUT2D eigenvalue weighted by atomic mass is 10.0. The SMILES string of the molecule is C/C(=C\Cc1ccccc1F)C(C)C. The van der Waals surface area contributed by atoms with E-state index in [9.17, 15) is 4.39 Å². The van der Waals surface area contributed by atoms with Crippen LogP contribution in [0.25, 0.3) is 0 Å². The molecule has 0 aliphatic carbocycles. The molecule has 0 aliphatic heterocycles. The smallest absolute Gasteiger partial charge is 0.126 e. The Labute approximate surface area is 85.5 Å². The Balaban J connectivity index is 2.71. The minimum Gasteiger partial charge on any atom is -0.207 e. The van der Waals surface area contributed by atoms with Gasteiger partial charge in [-0.25, -0.2) is 4.39 Å². The van der Waals surface area contributed by atoms with Gasteiger partial charge < -0.3 is 0 Å². The average Bonchev–Trinajstić information content (AvgIpc) is 2.16. The Morgan fingerprint density at radius 2 is 2.00 bits per heavy atom. The van der Waals surface area contributed by atoms with Crippen LogP contribution in [0.1, 0.15) is 26.3 Å². The molecule has 0 amide bonds. The fourth-order valence-corrected chi connectivity index (χ4v) is 1.17. The minimum atomic E-state index is -0.111. The summed E-state index contributed by atoms with van der Waals surface area (Å²) in [6, 6.07) is 6.93. The molecule has 0 atom stereocenters. The zero-order chi connectivity index (χ0) is 10.6. The fraction of sp³-hybridized carbons (Fsp3) is 0.385. The largest absolute Gasteiger partial charge is 0.207 e. The van der Waals surface area contributed by atoms with E-state index in [1.54, 1.807) is 6.07 Å². The monoisotopic (exact) mass is 192 g/mol. The molecule has 0 fully saturated rings. The summed E-state index contributed by atoms with van der Waals surface area (Å²) in [5.74, 6) is 0.432. The van der Waals surface area contributed by atoms with Gasteiger partial charge in [0.25, 0.3) is 0 Å². The van der Waals surface area contributed by atoms with E-state index in [0.717, 1.165) is 5.56 Å². The maximum absolute atomic E-state index is 13.2. The van der Waals surface area contributed by atoms with Gasteiger partial charge in [-0.2, -0.15) is 0 Å². The maximum Gasteiger partial charge on any atom is 0.126 e. The predicted molar refractivity (Wildman–Crippen MR) is 58.7 cm³/mol. The second-order valence-corrected chi connectivity index (χ2v) is 3.90. The molecule has 1 rings (SSSR count). The van der Waals surface area contributed by atoms with Crippen LogP contribution in [0, 0.1) is 11.7 Å². The predicted octanol–water partition coefficient (Wildman–Crippen LogP) is 3.97. The summed E-state index contributed by atoms with van der Waals surface area (Å²) in [5.41, 5.74) is 2.08. The van der Waals surface area contributed by atoms with Crippen molar-refractivity contribution in [1.29, 1.82) is 0 Å². The Morgan fingerprint density at radius 1 is 1.36 bits per heavy atom. The molecule has 1 aromatic carbocycles. The Morgan fingerprint density at radius 3 is 2.57 bits per heavy atom. The molecule has 0 unspecified atom stereocenters. The molecule has 0 aliphatic rings. The summed E-state index contributed by atoms with van der Waals surface area (Å²) in [5, 5.41) is 0. The van der Waals surface area contributed by atoms with Crippen LogP contribution in [0.5, 0.6) is 0 Å². The second kappa shape index (κ2) is 4.94. The van der Waals surface area contributed by atoms with E-state index in [1.807, 2.05) is 12.1 Å². The average molecular weight is 192 g/mol. The third kappa shape index (κ3) is 2.99. The third-order valence-electron chi connectivity index (χ3n) is 2.51. The van der Waals surface area contributed by atoms with Crippen molar-refractivity contribution in [3.8, 4) is 0 Å². The summed E-state index contributed by atoms with van der Waals surface area (Å²) in [7, 11) is 0. The lowest BCUT2D eigenvalue weighted by Crippen LogP contribution is -1.92. The summed E-state index contributed by atoms with van der Waals surface area (Å²) in [6.07, 6.45) is 2.79. The molecule has 0 N–H and O–H groups in total. The zero-order valence-corrected chi connectivity index (χ0v) is 9.05. The van der Waals surface area contributed by atoms with Crippen LogP contribution in [-0.2, 0) is 6.42 Å². The van der Waals surface area contributed by atoms with Gasteiger partial charge in [-0.1, -0.05) is 43.7 Å². The maximum atomic E-state index is 13.2. The fourth-order valence-electron chi connectivity index (χ4n) is 1.17. The van der Waals surface area contributed by atoms with E-state index in [-0.39, 0.29) is 5.82 Å². The Hall–Kier alpha value is -1.11. The normalized spacial score (nSPS) is 12.2. The van der Waals surface area contributed by atoms with Gasteiger partial charge in [0, 0.05) is 0 Å². The van der Waals surface area contributed by atoms with Crippen molar-refractivity contribution in [2.75, 3.05) is 0 Å². The molecular formula is C13H17F. The van der Waals surface area contributed by atoms with E-state index >= 15 is 0 Å². The van der Waals surface area contributed by atoms with E-state index in [0.29, 0.717) is 12.3 Å². The third-order valence-corrected chi connectivity index (χ3v) is 2.51. The van der Waals surface area contributed by atoms with Crippen molar-refractivity contribution in [2.24, 2.45) is 5.92 Å². The molecule has 76 valence electrons. The van der Waals surface area contributed by atoms with Crippen LogP contribution in [-0.4, -0.2) is 0 Å². The Kier molecular flexibility index (Phi) is 3.87. The highest BCUT2D eigenvalue weighted by Crippen LogP contribution is 2.12. The van der Waals surface area contributed by atoms with Gasteiger partial charge >= 0.3 is 0 Å². The number of hydrogen-bond donors (Lipinski definition) is 0. The molecular weight excluding hydrogens is 175 g/mol. The lowest BCUT2D eigenvalue weighted by molar-refractivity contribution is 0.614. The Bertz CT molecular complexity index is 324. The summed E-state index contributed by atoms with van der Waals surface area (Å²) >= 11 is 0. The van der Waals surface area contributed by atoms with E-state index < -0.39 is 0 Å². The summed E-state index contributed by atoms with van der Waals surface area (Å²) < 4.78 is 13.2. The van der Waals surface area contributed by atoms with E-state index in [2.05, 4.69) is 26.8 Å². The van der Waals surface area contributed by atoms with Gasteiger partial charge in [0.2, 0.25) is 0 Å². The molecule has 1 heteroatoms. The molecule has 0 aromatic heterocycles. The number of allylic oxidation sites excluding steroid dienone is 2. The molecule has 0 nitrogen and oxygen atoms in total. The number of rotatable bonds is 3. The van der Waals surface area contributed by atoms with Crippen molar-refractivity contribution in [2.45, 2.75) is 27.2 Å². The van der Waals surface area contributed by atoms with Gasteiger partial charge in [-0.15, -0.1) is 0 Å². The molecule has 0 spiro atoms. The molecule has 0 bridgehead atoms. The van der Waals surface area contributed by atoms with E-state index in [4.69, 9.17) is 0 Å². The van der Waals surface area contributed by atoms with Gasteiger partial charge in [-0.3, -0.25) is 0 Å². The molecule has 0 saturated heterocycles. The highest BCUT2D eigenvalue weighted by atomic mass is 19.1. The molecule has 0 heterocycles. The van der Waals surface area contributed by atoms with Crippen molar-refractivity contribution < 1.29 is 4.39 Å². The first kappa shape index (κ1) is 11.0. The standard InChI is InChI=1S/C13H17F/c1-10(2)11(3)8-9-12-6-4-5-7-13(12)14/h4-8,10H,9H2,1-3H3/b11-8+. The van der Waals surface area contributed by atoms with Crippen molar-refractivity contribution in [3.05, 3.63) is 47.3 Å². The van der Waals surface area contributed by atoms with Crippen LogP contribution in [0.2, 0.25) is 0 Å². The summed E-state index contributed by atoms with van der Waals surface area (Å²) in [6.45, 7) is 6.38. The molecule has 0 saturated carbocycles. The molecule has 14 heavy (non-hydrogen) atoms. The first-order chi connectivity index (χ1) is 6.61. The van der Waals surface area contributed by atoms with Gasteiger partial charge in [0.05, 0.1) is 0 Å².